The van der Waals surface area contributed by atoms with E-state index >= 15 is 0 Å². The molecule has 1 saturated carbocycles. The van der Waals surface area contributed by atoms with Gasteiger partial charge in [0.15, 0.2) is 0 Å². The van der Waals surface area contributed by atoms with Gasteiger partial charge in [-0.2, -0.15) is 0 Å². The summed E-state index contributed by atoms with van der Waals surface area (Å²) in [5, 5.41) is 0. The number of nitrogens with two attached hydrogens (primary N) is 1. The molecule has 1 aromatic rings. The van der Waals surface area contributed by atoms with Crippen molar-refractivity contribution >= 4 is 0 Å². The standard InChI is InChI=1S/C13H17F2N/c1-13(4-2-3-5-13)12(16)9-6-10(14)8-11(15)7-9/h6-8,12H,2-5,16H2,1H3. The van der Waals surface area contributed by atoms with Crippen LogP contribution in [0.5, 0.6) is 0 Å². The maximum absolute atomic E-state index is 13.1. The zero-order valence-electron chi connectivity index (χ0n) is 9.47. The molecule has 0 saturated heterocycles. The van der Waals surface area contributed by atoms with Gasteiger partial charge in [0.05, 0.1) is 0 Å². The molecule has 2 rings (SSSR count). The first-order chi connectivity index (χ1) is 7.51. The average molecular weight is 225 g/mol. The van der Waals surface area contributed by atoms with Crippen molar-refractivity contribution < 1.29 is 8.78 Å². The van der Waals surface area contributed by atoms with Crippen molar-refractivity contribution in [1.82, 2.24) is 0 Å². The average Bonchev–Trinajstić information content (AvgIpc) is 2.64. The third-order valence-electron chi connectivity index (χ3n) is 3.74. The van der Waals surface area contributed by atoms with Gasteiger partial charge in [0.2, 0.25) is 0 Å². The Labute approximate surface area is 94.7 Å². The first-order valence-electron chi connectivity index (χ1n) is 5.73. The minimum absolute atomic E-state index is 0.0137. The fourth-order valence-corrected chi connectivity index (χ4v) is 2.65. The van der Waals surface area contributed by atoms with E-state index in [1.165, 1.54) is 12.1 Å². The highest BCUT2D eigenvalue weighted by molar-refractivity contribution is 5.23. The van der Waals surface area contributed by atoms with Crippen molar-refractivity contribution in [2.75, 3.05) is 0 Å². The Kier molecular flexibility index (Phi) is 2.98. The SMILES string of the molecule is CC1(C(N)c2cc(F)cc(F)c2)CCCC1. The van der Waals surface area contributed by atoms with Gasteiger partial charge in [-0.05, 0) is 36.0 Å². The lowest BCUT2D eigenvalue weighted by Gasteiger charge is -2.31. The lowest BCUT2D eigenvalue weighted by Crippen LogP contribution is -2.29. The fraction of sp³-hybridized carbons (Fsp3) is 0.538. The van der Waals surface area contributed by atoms with Crippen molar-refractivity contribution in [3.8, 4) is 0 Å². The lowest BCUT2D eigenvalue weighted by atomic mass is 9.78. The van der Waals surface area contributed by atoms with E-state index in [4.69, 9.17) is 5.73 Å². The molecular formula is C13H17F2N. The second-order valence-electron chi connectivity index (χ2n) is 5.04. The molecule has 3 heteroatoms. The molecule has 2 N–H and O–H groups in total. The van der Waals surface area contributed by atoms with Crippen LogP contribution in [0.15, 0.2) is 18.2 Å². The molecule has 0 heterocycles. The Balaban J connectivity index is 2.29. The zero-order chi connectivity index (χ0) is 11.8. The van der Waals surface area contributed by atoms with Crippen LogP contribution in [-0.2, 0) is 0 Å². The first-order valence-corrected chi connectivity index (χ1v) is 5.73. The Bertz CT molecular complexity index is 363. The molecule has 0 amide bonds. The van der Waals surface area contributed by atoms with E-state index in [-0.39, 0.29) is 11.5 Å². The molecule has 0 spiro atoms. The van der Waals surface area contributed by atoms with Crippen LogP contribution in [-0.4, -0.2) is 0 Å². The Morgan fingerprint density at radius 2 is 1.62 bits per heavy atom. The quantitative estimate of drug-likeness (QED) is 0.818. The normalized spacial score (nSPS) is 21.0. The van der Waals surface area contributed by atoms with Gasteiger partial charge in [-0.1, -0.05) is 19.8 Å². The summed E-state index contributed by atoms with van der Waals surface area (Å²) in [5.41, 5.74) is 6.70. The highest BCUT2D eigenvalue weighted by Gasteiger charge is 2.35. The van der Waals surface area contributed by atoms with E-state index in [0.29, 0.717) is 5.56 Å². The molecule has 1 aliphatic rings. The topological polar surface area (TPSA) is 26.0 Å². The van der Waals surface area contributed by atoms with Crippen LogP contribution < -0.4 is 5.73 Å². The zero-order valence-corrected chi connectivity index (χ0v) is 9.47. The van der Waals surface area contributed by atoms with Crippen LogP contribution in [0.2, 0.25) is 0 Å². The number of hydrogen-bond acceptors (Lipinski definition) is 1. The first kappa shape index (κ1) is 11.5. The van der Waals surface area contributed by atoms with E-state index in [9.17, 15) is 8.78 Å². The largest absolute Gasteiger partial charge is 0.323 e. The van der Waals surface area contributed by atoms with Gasteiger partial charge in [0, 0.05) is 12.1 Å². The Morgan fingerprint density at radius 3 is 2.12 bits per heavy atom. The van der Waals surface area contributed by atoms with Crippen molar-refractivity contribution in [3.63, 3.8) is 0 Å². The number of rotatable bonds is 2. The Morgan fingerprint density at radius 1 is 1.12 bits per heavy atom. The summed E-state index contributed by atoms with van der Waals surface area (Å²) in [4.78, 5) is 0. The molecule has 1 nitrogen and oxygen atoms in total. The minimum atomic E-state index is -0.549. The Hall–Kier alpha value is -0.960. The van der Waals surface area contributed by atoms with Gasteiger partial charge in [0.25, 0.3) is 0 Å². The third kappa shape index (κ3) is 2.09. The molecular weight excluding hydrogens is 208 g/mol. The van der Waals surface area contributed by atoms with Gasteiger partial charge in [0.1, 0.15) is 11.6 Å². The maximum atomic E-state index is 13.1. The monoisotopic (exact) mass is 225 g/mol. The number of halogens is 2. The summed E-state index contributed by atoms with van der Waals surface area (Å²) < 4.78 is 26.2. The van der Waals surface area contributed by atoms with Crippen LogP contribution in [0.3, 0.4) is 0 Å². The predicted octanol–water partition coefficient (Wildman–Crippen LogP) is 3.54. The molecule has 0 radical (unpaired) electrons. The van der Waals surface area contributed by atoms with Crippen molar-refractivity contribution in [2.24, 2.45) is 11.1 Å². The van der Waals surface area contributed by atoms with Crippen molar-refractivity contribution in [2.45, 2.75) is 38.6 Å². The molecule has 1 atom stereocenters. The van der Waals surface area contributed by atoms with Gasteiger partial charge >= 0.3 is 0 Å². The minimum Gasteiger partial charge on any atom is -0.323 e. The van der Waals surface area contributed by atoms with E-state index in [1.807, 2.05) is 0 Å². The smallest absolute Gasteiger partial charge is 0.126 e. The van der Waals surface area contributed by atoms with Gasteiger partial charge in [-0.25, -0.2) is 8.78 Å². The molecule has 16 heavy (non-hydrogen) atoms. The second kappa shape index (κ2) is 4.13. The van der Waals surface area contributed by atoms with Crippen LogP contribution >= 0.6 is 0 Å². The predicted molar refractivity (Wildman–Crippen MR) is 59.9 cm³/mol. The highest BCUT2D eigenvalue weighted by atomic mass is 19.1. The van der Waals surface area contributed by atoms with Crippen LogP contribution in [0.1, 0.15) is 44.2 Å². The summed E-state index contributed by atoms with van der Waals surface area (Å²) in [7, 11) is 0. The molecule has 1 aliphatic carbocycles. The second-order valence-corrected chi connectivity index (χ2v) is 5.04. The highest BCUT2D eigenvalue weighted by Crippen LogP contribution is 2.45. The van der Waals surface area contributed by atoms with E-state index in [2.05, 4.69) is 6.92 Å². The van der Waals surface area contributed by atoms with E-state index < -0.39 is 11.6 Å². The molecule has 0 aromatic heterocycles. The van der Waals surface area contributed by atoms with Gasteiger partial charge < -0.3 is 5.73 Å². The van der Waals surface area contributed by atoms with Gasteiger partial charge in [-0.3, -0.25) is 0 Å². The van der Waals surface area contributed by atoms with Crippen LogP contribution in [0.4, 0.5) is 8.78 Å². The molecule has 88 valence electrons. The summed E-state index contributed by atoms with van der Waals surface area (Å²) in [6.07, 6.45) is 4.38. The van der Waals surface area contributed by atoms with Crippen LogP contribution in [0, 0.1) is 17.0 Å². The van der Waals surface area contributed by atoms with E-state index in [1.54, 1.807) is 0 Å². The van der Waals surface area contributed by atoms with Gasteiger partial charge in [-0.15, -0.1) is 0 Å². The summed E-state index contributed by atoms with van der Waals surface area (Å²) in [6, 6.07) is 3.29. The lowest BCUT2D eigenvalue weighted by molar-refractivity contribution is 0.264. The summed E-state index contributed by atoms with van der Waals surface area (Å²) in [5.74, 6) is -1.10. The fourth-order valence-electron chi connectivity index (χ4n) is 2.65. The van der Waals surface area contributed by atoms with E-state index in [0.717, 1.165) is 31.7 Å². The number of benzene rings is 1. The molecule has 1 aromatic carbocycles. The maximum Gasteiger partial charge on any atom is 0.126 e. The summed E-state index contributed by atoms with van der Waals surface area (Å²) >= 11 is 0. The number of hydrogen-bond donors (Lipinski definition) is 1. The van der Waals surface area contributed by atoms with Crippen molar-refractivity contribution in [3.05, 3.63) is 35.4 Å². The molecule has 1 fully saturated rings. The third-order valence-corrected chi connectivity index (χ3v) is 3.74. The molecule has 0 aliphatic heterocycles. The summed E-state index contributed by atoms with van der Waals surface area (Å²) in [6.45, 7) is 2.10. The molecule has 0 bridgehead atoms. The van der Waals surface area contributed by atoms with Crippen LogP contribution in [0.25, 0.3) is 0 Å². The van der Waals surface area contributed by atoms with Crippen molar-refractivity contribution in [1.29, 1.82) is 0 Å². The molecule has 1 unspecified atom stereocenters.